The first-order valence-electron chi connectivity index (χ1n) is 8.40. The summed E-state index contributed by atoms with van der Waals surface area (Å²) in [6, 6.07) is 8.75. The summed E-state index contributed by atoms with van der Waals surface area (Å²) in [5, 5.41) is 13.2. The van der Waals surface area contributed by atoms with E-state index in [4.69, 9.17) is 4.42 Å². The van der Waals surface area contributed by atoms with Crippen LogP contribution >= 0.6 is 11.3 Å². The van der Waals surface area contributed by atoms with E-state index in [1.165, 1.54) is 28.7 Å². The lowest BCUT2D eigenvalue weighted by Gasteiger charge is -2.20. The Balaban J connectivity index is 1.67. The van der Waals surface area contributed by atoms with Gasteiger partial charge in [0.1, 0.15) is 23.0 Å². The summed E-state index contributed by atoms with van der Waals surface area (Å²) in [6.45, 7) is 0.364. The predicted octanol–water partition coefficient (Wildman–Crippen LogP) is 3.55. The van der Waals surface area contributed by atoms with Gasteiger partial charge in [-0.25, -0.2) is 14.8 Å². The standard InChI is InChI=1S/C18H16N4O4S/c23-14(12-7-4-9-22(12)18(24)25)21-16-13(11-5-2-1-3-6-11)20-17(27-16)15-19-8-10-26-15/h1-3,5-6,8,10,12H,4,7,9H2,(H,21,23)(H,24,25). The smallest absolute Gasteiger partial charge is 0.407 e. The Bertz CT molecular complexity index is 955. The maximum absolute atomic E-state index is 12.7. The van der Waals surface area contributed by atoms with Gasteiger partial charge >= 0.3 is 6.09 Å². The van der Waals surface area contributed by atoms with Gasteiger partial charge in [0.2, 0.25) is 5.91 Å². The van der Waals surface area contributed by atoms with Gasteiger partial charge in [-0.2, -0.15) is 0 Å². The zero-order chi connectivity index (χ0) is 18.8. The molecule has 0 saturated carbocycles. The molecule has 1 unspecified atom stereocenters. The summed E-state index contributed by atoms with van der Waals surface area (Å²) in [5.41, 5.74) is 1.44. The third-order valence-electron chi connectivity index (χ3n) is 4.33. The molecule has 0 aliphatic carbocycles. The van der Waals surface area contributed by atoms with E-state index >= 15 is 0 Å². The number of carbonyl (C=O) groups is 2. The molecule has 0 spiro atoms. The van der Waals surface area contributed by atoms with Crippen molar-refractivity contribution in [3.8, 4) is 22.2 Å². The van der Waals surface area contributed by atoms with Crippen LogP contribution in [0.1, 0.15) is 12.8 Å². The summed E-state index contributed by atoms with van der Waals surface area (Å²) >= 11 is 1.24. The first kappa shape index (κ1) is 17.2. The van der Waals surface area contributed by atoms with E-state index in [2.05, 4.69) is 15.3 Å². The van der Waals surface area contributed by atoms with Gasteiger partial charge in [-0.3, -0.25) is 9.69 Å². The third kappa shape index (κ3) is 3.41. The molecule has 4 rings (SSSR count). The molecule has 2 aromatic heterocycles. The largest absolute Gasteiger partial charge is 0.465 e. The summed E-state index contributed by atoms with van der Waals surface area (Å²) in [5.74, 6) is 0.0143. The van der Waals surface area contributed by atoms with Crippen LogP contribution in [0.3, 0.4) is 0 Å². The number of likely N-dealkylation sites (tertiary alicyclic amines) is 1. The van der Waals surface area contributed by atoms with Crippen molar-refractivity contribution in [2.75, 3.05) is 11.9 Å². The van der Waals surface area contributed by atoms with E-state index in [0.717, 1.165) is 5.56 Å². The highest BCUT2D eigenvalue weighted by Crippen LogP contribution is 2.37. The summed E-state index contributed by atoms with van der Waals surface area (Å²) in [7, 11) is 0. The van der Waals surface area contributed by atoms with E-state index in [9.17, 15) is 14.7 Å². The average Bonchev–Trinajstić information content (AvgIpc) is 3.42. The van der Waals surface area contributed by atoms with Crippen molar-refractivity contribution >= 4 is 28.3 Å². The minimum Gasteiger partial charge on any atom is -0.465 e. The Labute approximate surface area is 158 Å². The van der Waals surface area contributed by atoms with E-state index < -0.39 is 12.1 Å². The number of carbonyl (C=O) groups excluding carboxylic acids is 1. The van der Waals surface area contributed by atoms with E-state index in [-0.39, 0.29) is 5.91 Å². The number of anilines is 1. The Morgan fingerprint density at radius 1 is 1.30 bits per heavy atom. The average molecular weight is 384 g/mol. The van der Waals surface area contributed by atoms with Crippen LogP contribution in [0.25, 0.3) is 22.2 Å². The zero-order valence-corrected chi connectivity index (χ0v) is 15.0. The Kier molecular flexibility index (Phi) is 4.59. The molecule has 0 bridgehead atoms. The fraction of sp³-hybridized carbons (Fsp3) is 0.222. The van der Waals surface area contributed by atoms with Gasteiger partial charge < -0.3 is 14.8 Å². The number of amides is 2. The number of thiazole rings is 1. The van der Waals surface area contributed by atoms with Gasteiger partial charge in [-0.15, -0.1) is 0 Å². The molecule has 2 N–H and O–H groups in total. The van der Waals surface area contributed by atoms with Crippen molar-refractivity contribution < 1.29 is 19.1 Å². The molecule has 2 amide bonds. The van der Waals surface area contributed by atoms with Crippen LogP contribution < -0.4 is 5.32 Å². The molecule has 27 heavy (non-hydrogen) atoms. The second kappa shape index (κ2) is 7.20. The lowest BCUT2D eigenvalue weighted by molar-refractivity contribution is -0.119. The Morgan fingerprint density at radius 2 is 2.11 bits per heavy atom. The van der Waals surface area contributed by atoms with Gasteiger partial charge in [-0.05, 0) is 12.8 Å². The quantitative estimate of drug-likeness (QED) is 0.712. The van der Waals surface area contributed by atoms with Crippen LogP contribution in [-0.2, 0) is 4.79 Å². The van der Waals surface area contributed by atoms with Crippen LogP contribution in [0.4, 0.5) is 9.80 Å². The van der Waals surface area contributed by atoms with Crippen molar-refractivity contribution in [1.29, 1.82) is 0 Å². The third-order valence-corrected chi connectivity index (χ3v) is 5.29. The topological polar surface area (TPSA) is 109 Å². The van der Waals surface area contributed by atoms with Crippen molar-refractivity contribution in [3.63, 3.8) is 0 Å². The SMILES string of the molecule is O=C(Nc1sc(-c2ncco2)nc1-c1ccccc1)C1CCCN1C(=O)O. The molecular formula is C18H16N4O4S. The molecule has 1 atom stereocenters. The minimum atomic E-state index is -1.08. The van der Waals surface area contributed by atoms with Crippen LogP contribution in [0.5, 0.6) is 0 Å². The molecule has 1 saturated heterocycles. The number of benzene rings is 1. The maximum Gasteiger partial charge on any atom is 0.407 e. The van der Waals surface area contributed by atoms with E-state index in [0.29, 0.717) is 41.0 Å². The van der Waals surface area contributed by atoms with Gasteiger partial charge in [0.25, 0.3) is 5.89 Å². The number of oxazole rings is 1. The Hall–Kier alpha value is -3.20. The molecule has 1 aliphatic heterocycles. The monoisotopic (exact) mass is 384 g/mol. The molecule has 1 aliphatic rings. The van der Waals surface area contributed by atoms with Crippen molar-refractivity contribution in [1.82, 2.24) is 14.9 Å². The number of nitrogens with zero attached hydrogens (tertiary/aromatic N) is 3. The van der Waals surface area contributed by atoms with Crippen LogP contribution in [0, 0.1) is 0 Å². The number of hydrogen-bond donors (Lipinski definition) is 2. The first-order chi connectivity index (χ1) is 13.1. The fourth-order valence-corrected chi connectivity index (χ4v) is 4.01. The van der Waals surface area contributed by atoms with Gasteiger partial charge in [-0.1, -0.05) is 41.7 Å². The summed E-state index contributed by atoms with van der Waals surface area (Å²) in [6.07, 6.45) is 3.08. The van der Waals surface area contributed by atoms with E-state index in [1.54, 1.807) is 0 Å². The molecule has 9 heteroatoms. The Morgan fingerprint density at radius 3 is 2.81 bits per heavy atom. The van der Waals surface area contributed by atoms with Gasteiger partial charge in [0.05, 0.1) is 6.20 Å². The highest BCUT2D eigenvalue weighted by molar-refractivity contribution is 7.19. The number of carboxylic acid groups (broad SMARTS) is 1. The molecule has 138 valence electrons. The number of aromatic nitrogens is 2. The zero-order valence-electron chi connectivity index (χ0n) is 14.2. The number of nitrogens with one attached hydrogen (secondary N) is 1. The first-order valence-corrected chi connectivity index (χ1v) is 9.21. The molecule has 1 aromatic carbocycles. The normalized spacial score (nSPS) is 16.4. The summed E-state index contributed by atoms with van der Waals surface area (Å²) < 4.78 is 5.32. The molecule has 3 aromatic rings. The van der Waals surface area contributed by atoms with Gasteiger partial charge in [0.15, 0.2) is 5.01 Å². The van der Waals surface area contributed by atoms with Crippen LogP contribution in [-0.4, -0.2) is 44.6 Å². The minimum absolute atomic E-state index is 0.352. The summed E-state index contributed by atoms with van der Waals surface area (Å²) in [4.78, 5) is 33.9. The number of rotatable bonds is 4. The van der Waals surface area contributed by atoms with Crippen molar-refractivity contribution in [2.45, 2.75) is 18.9 Å². The molecule has 8 nitrogen and oxygen atoms in total. The fourth-order valence-electron chi connectivity index (χ4n) is 3.08. The van der Waals surface area contributed by atoms with Gasteiger partial charge in [0, 0.05) is 12.1 Å². The molecule has 1 fully saturated rings. The second-order valence-electron chi connectivity index (χ2n) is 6.02. The highest BCUT2D eigenvalue weighted by atomic mass is 32.1. The lowest BCUT2D eigenvalue weighted by Crippen LogP contribution is -2.42. The second-order valence-corrected chi connectivity index (χ2v) is 7.02. The molecular weight excluding hydrogens is 368 g/mol. The predicted molar refractivity (Wildman–Crippen MR) is 99.4 cm³/mol. The molecule has 3 heterocycles. The van der Waals surface area contributed by atoms with Crippen LogP contribution in [0.2, 0.25) is 0 Å². The molecule has 0 radical (unpaired) electrons. The lowest BCUT2D eigenvalue weighted by atomic mass is 10.1. The van der Waals surface area contributed by atoms with E-state index in [1.807, 2.05) is 30.3 Å². The van der Waals surface area contributed by atoms with Crippen LogP contribution in [0.15, 0.2) is 47.2 Å². The highest BCUT2D eigenvalue weighted by Gasteiger charge is 2.34. The maximum atomic E-state index is 12.7. The van der Waals surface area contributed by atoms with Crippen molar-refractivity contribution in [2.24, 2.45) is 0 Å². The van der Waals surface area contributed by atoms with Crippen molar-refractivity contribution in [3.05, 3.63) is 42.8 Å². The number of hydrogen-bond acceptors (Lipinski definition) is 6.